The molecule has 0 radical (unpaired) electrons. The SMILES string of the molecule is C[N+](C)(C)CC[N+](C)(C)CCNC(=O)CCC(N)=O.[Cl-].[Cl-]. The Morgan fingerprint density at radius 3 is 1.86 bits per heavy atom. The second-order valence-corrected chi connectivity index (χ2v) is 6.71. The first-order valence-electron chi connectivity index (χ1n) is 6.69. The molecule has 3 N–H and O–H groups in total. The zero-order valence-corrected chi connectivity index (χ0v) is 15.3. The average molecular weight is 345 g/mol. The van der Waals surface area contributed by atoms with Gasteiger partial charge in [0.1, 0.15) is 13.1 Å². The van der Waals surface area contributed by atoms with E-state index in [2.05, 4.69) is 40.6 Å². The number of rotatable bonds is 9. The number of halogens is 2. The van der Waals surface area contributed by atoms with Crippen molar-refractivity contribution in [1.29, 1.82) is 0 Å². The lowest BCUT2D eigenvalue weighted by molar-refractivity contribution is -0.936. The van der Waals surface area contributed by atoms with Gasteiger partial charge in [0, 0.05) is 12.8 Å². The molecule has 0 spiro atoms. The minimum Gasteiger partial charge on any atom is -1.00 e. The van der Waals surface area contributed by atoms with Crippen molar-refractivity contribution in [1.82, 2.24) is 5.32 Å². The van der Waals surface area contributed by atoms with Gasteiger partial charge in [-0.15, -0.1) is 0 Å². The van der Waals surface area contributed by atoms with E-state index in [1.165, 1.54) is 0 Å². The van der Waals surface area contributed by atoms with Gasteiger partial charge in [0.2, 0.25) is 11.8 Å². The quantitative estimate of drug-likeness (QED) is 0.408. The molecule has 0 bridgehead atoms. The summed E-state index contributed by atoms with van der Waals surface area (Å²) in [4.78, 5) is 22.0. The summed E-state index contributed by atoms with van der Waals surface area (Å²) in [6.45, 7) is 3.65. The van der Waals surface area contributed by atoms with Gasteiger partial charge < -0.3 is 44.8 Å². The number of carbonyl (C=O) groups excluding carboxylic acids is 2. The van der Waals surface area contributed by atoms with E-state index in [1.807, 2.05) is 0 Å². The van der Waals surface area contributed by atoms with Crippen molar-refractivity contribution in [3.05, 3.63) is 0 Å². The highest BCUT2D eigenvalue weighted by Gasteiger charge is 2.19. The lowest BCUT2D eigenvalue weighted by Gasteiger charge is -2.33. The van der Waals surface area contributed by atoms with E-state index in [9.17, 15) is 9.59 Å². The summed E-state index contributed by atoms with van der Waals surface area (Å²) in [5, 5.41) is 2.82. The molecule has 0 saturated carbocycles. The van der Waals surface area contributed by atoms with E-state index in [1.54, 1.807) is 0 Å². The van der Waals surface area contributed by atoms with Crippen LogP contribution < -0.4 is 35.9 Å². The van der Waals surface area contributed by atoms with Crippen molar-refractivity contribution in [2.45, 2.75) is 12.8 Å². The van der Waals surface area contributed by atoms with Gasteiger partial charge in [-0.1, -0.05) is 0 Å². The van der Waals surface area contributed by atoms with Crippen LogP contribution in [0, 0.1) is 0 Å². The molecule has 0 aliphatic rings. The number of carbonyl (C=O) groups is 2. The molecule has 0 unspecified atom stereocenters. The maximum atomic E-state index is 11.4. The summed E-state index contributed by atoms with van der Waals surface area (Å²) in [5.74, 6) is -0.542. The molecule has 0 heterocycles. The van der Waals surface area contributed by atoms with E-state index in [0.717, 1.165) is 28.6 Å². The topological polar surface area (TPSA) is 72.2 Å². The Balaban J connectivity index is -0.00000162. The lowest BCUT2D eigenvalue weighted by atomic mass is 10.3. The number of hydrogen-bond donors (Lipinski definition) is 2. The fraction of sp³-hybridized carbons (Fsp3) is 0.846. The molecule has 0 aromatic heterocycles. The van der Waals surface area contributed by atoms with Gasteiger partial charge in [0.15, 0.2) is 0 Å². The number of nitrogens with one attached hydrogen (secondary N) is 1. The summed E-state index contributed by atoms with van der Waals surface area (Å²) >= 11 is 0. The predicted molar refractivity (Wildman–Crippen MR) is 76.2 cm³/mol. The maximum Gasteiger partial charge on any atom is 0.220 e. The molecule has 21 heavy (non-hydrogen) atoms. The van der Waals surface area contributed by atoms with Gasteiger partial charge >= 0.3 is 0 Å². The average Bonchev–Trinajstić information content (AvgIpc) is 2.23. The summed E-state index contributed by atoms with van der Waals surface area (Å²) < 4.78 is 1.80. The van der Waals surface area contributed by atoms with Crippen molar-refractivity contribution >= 4 is 11.8 Å². The monoisotopic (exact) mass is 344 g/mol. The lowest BCUT2D eigenvalue weighted by Crippen LogP contribution is -3.00. The van der Waals surface area contributed by atoms with E-state index in [4.69, 9.17) is 5.73 Å². The molecule has 0 aromatic rings. The Bertz CT molecular complexity index is 318. The summed E-state index contributed by atoms with van der Waals surface area (Å²) in [5.41, 5.74) is 5.00. The zero-order valence-electron chi connectivity index (χ0n) is 13.8. The van der Waals surface area contributed by atoms with Gasteiger partial charge in [0.25, 0.3) is 0 Å². The van der Waals surface area contributed by atoms with Crippen molar-refractivity contribution in [3.8, 4) is 0 Å². The third kappa shape index (κ3) is 17.4. The summed E-state index contributed by atoms with van der Waals surface area (Å²) in [6.07, 6.45) is 0.299. The van der Waals surface area contributed by atoms with Gasteiger partial charge in [-0.05, 0) is 0 Å². The van der Waals surface area contributed by atoms with Crippen LogP contribution in [0.1, 0.15) is 12.8 Å². The van der Waals surface area contributed by atoms with Gasteiger partial charge in [0.05, 0.1) is 48.3 Å². The second-order valence-electron chi connectivity index (χ2n) is 6.71. The van der Waals surface area contributed by atoms with Crippen molar-refractivity contribution in [3.63, 3.8) is 0 Å². The maximum absolute atomic E-state index is 11.4. The Morgan fingerprint density at radius 2 is 1.43 bits per heavy atom. The number of hydrogen-bond acceptors (Lipinski definition) is 2. The number of primary amides is 1. The first-order chi connectivity index (χ1) is 8.52. The number of amides is 2. The minimum absolute atomic E-state index is 0. The van der Waals surface area contributed by atoms with E-state index in [0.29, 0.717) is 6.54 Å². The number of quaternary nitrogens is 2. The van der Waals surface area contributed by atoms with Crippen LogP contribution in [0.5, 0.6) is 0 Å². The van der Waals surface area contributed by atoms with Crippen LogP contribution in [0.2, 0.25) is 0 Å². The Kier molecular flexibility index (Phi) is 13.4. The van der Waals surface area contributed by atoms with E-state index >= 15 is 0 Å². The van der Waals surface area contributed by atoms with Crippen LogP contribution in [0.25, 0.3) is 0 Å². The van der Waals surface area contributed by atoms with Crippen molar-refractivity contribution < 1.29 is 43.4 Å². The molecule has 0 atom stereocenters. The number of nitrogens with two attached hydrogens (primary N) is 1. The standard InChI is InChI=1S/C13H28N4O2.2ClH/c1-16(2,3)10-11-17(4,5)9-8-15-13(19)7-6-12(14)18;;/h6-11H2,1-5H3,(H-2,14,15,18,19);2*1H. The van der Waals surface area contributed by atoms with Crippen LogP contribution >= 0.6 is 0 Å². The van der Waals surface area contributed by atoms with E-state index < -0.39 is 5.91 Å². The first-order valence-corrected chi connectivity index (χ1v) is 6.69. The fourth-order valence-corrected chi connectivity index (χ4v) is 1.51. The highest BCUT2D eigenvalue weighted by molar-refractivity contribution is 5.82. The summed E-state index contributed by atoms with van der Waals surface area (Å²) in [7, 11) is 10.8. The fourth-order valence-electron chi connectivity index (χ4n) is 1.51. The molecule has 0 rings (SSSR count). The number of nitrogens with zero attached hydrogens (tertiary/aromatic N) is 2. The zero-order chi connectivity index (χ0) is 15.1. The molecule has 0 aliphatic heterocycles. The highest BCUT2D eigenvalue weighted by atomic mass is 35.5. The van der Waals surface area contributed by atoms with Gasteiger partial charge in [-0.25, -0.2) is 0 Å². The first kappa shape index (κ1) is 25.4. The Morgan fingerprint density at radius 1 is 0.905 bits per heavy atom. The van der Waals surface area contributed by atoms with Crippen LogP contribution in [0.3, 0.4) is 0 Å². The minimum atomic E-state index is -0.436. The van der Waals surface area contributed by atoms with Crippen LogP contribution in [0.15, 0.2) is 0 Å². The summed E-state index contributed by atoms with van der Waals surface area (Å²) in [6, 6.07) is 0. The van der Waals surface area contributed by atoms with Gasteiger partial charge in [-0.2, -0.15) is 0 Å². The van der Waals surface area contributed by atoms with Crippen molar-refractivity contribution in [2.24, 2.45) is 5.73 Å². The molecule has 128 valence electrons. The Labute approximate surface area is 141 Å². The molecular weight excluding hydrogens is 315 g/mol. The normalized spacial score (nSPS) is 11.1. The smallest absolute Gasteiger partial charge is 0.220 e. The molecular formula is C13H30Cl2N4O2. The molecule has 0 saturated heterocycles. The number of likely N-dealkylation sites (N-methyl/N-ethyl adjacent to an activating group) is 2. The second kappa shape index (κ2) is 11.1. The molecule has 0 fully saturated rings. The van der Waals surface area contributed by atoms with Crippen molar-refractivity contribution in [2.75, 3.05) is 61.4 Å². The third-order valence-electron chi connectivity index (χ3n) is 3.01. The van der Waals surface area contributed by atoms with Crippen LogP contribution in [-0.4, -0.2) is 82.2 Å². The largest absolute Gasteiger partial charge is 1.00 e. The van der Waals surface area contributed by atoms with Gasteiger partial charge in [-0.3, -0.25) is 9.59 Å². The third-order valence-corrected chi connectivity index (χ3v) is 3.01. The van der Waals surface area contributed by atoms with E-state index in [-0.39, 0.29) is 43.6 Å². The predicted octanol–water partition coefficient (Wildman–Crippen LogP) is -6.84. The molecule has 2 amide bonds. The molecule has 0 aromatic carbocycles. The molecule has 8 heteroatoms. The highest BCUT2D eigenvalue weighted by Crippen LogP contribution is 1.99. The van der Waals surface area contributed by atoms with Crippen LogP contribution in [-0.2, 0) is 9.59 Å². The molecule has 0 aliphatic carbocycles. The molecule has 6 nitrogen and oxygen atoms in total. The van der Waals surface area contributed by atoms with Crippen LogP contribution in [0.4, 0.5) is 0 Å². The Hall–Kier alpha value is -0.560.